The van der Waals surface area contributed by atoms with Gasteiger partial charge in [0.25, 0.3) is 0 Å². The minimum absolute atomic E-state index is 0.0966. The molecule has 2 aliphatic carbocycles. The molecule has 0 unspecified atom stereocenters. The Hall–Kier alpha value is -5.34. The van der Waals surface area contributed by atoms with Gasteiger partial charge in [-0.15, -0.1) is 0 Å². The van der Waals surface area contributed by atoms with Crippen LogP contribution in [0.3, 0.4) is 0 Å². The standard InChI is InChI=1S/C58H64N2/c1-57(2,3)43-27-31-47(32-28-43)59(45-23-15-9-16-24-45)49-35-37-51-53(39-49)55(41-19-11-7-12-20-41)52-38-36-50(40-54(52)56(51)42-21-13-8-14-22-42)60(46-25-17-10-18-26-46)48-33-29-44(30-34-48)58(4,5)6/h9-10,15-18,23-42H,7-8,11-14,19-22H2,1-6H3. The van der Waals surface area contributed by atoms with Crippen molar-refractivity contribution in [3.8, 4) is 0 Å². The number of anilines is 6. The van der Waals surface area contributed by atoms with Gasteiger partial charge in [-0.2, -0.15) is 0 Å². The summed E-state index contributed by atoms with van der Waals surface area (Å²) in [6.07, 6.45) is 12.9. The first-order valence-corrected chi connectivity index (χ1v) is 23.0. The molecular formula is C58H64N2. The van der Waals surface area contributed by atoms with Crippen LogP contribution < -0.4 is 9.80 Å². The Morgan fingerprint density at radius 3 is 0.983 bits per heavy atom. The molecule has 2 aliphatic rings. The van der Waals surface area contributed by atoms with Crippen molar-refractivity contribution in [3.63, 3.8) is 0 Å². The van der Waals surface area contributed by atoms with E-state index in [0.29, 0.717) is 11.8 Å². The molecule has 60 heavy (non-hydrogen) atoms. The third kappa shape index (κ3) is 7.99. The number of hydrogen-bond acceptors (Lipinski definition) is 2. The van der Waals surface area contributed by atoms with E-state index in [-0.39, 0.29) is 10.8 Å². The quantitative estimate of drug-likeness (QED) is 0.142. The topological polar surface area (TPSA) is 6.48 Å². The van der Waals surface area contributed by atoms with Gasteiger partial charge in [0.2, 0.25) is 0 Å². The molecule has 0 saturated heterocycles. The van der Waals surface area contributed by atoms with E-state index in [1.54, 1.807) is 11.1 Å². The predicted molar refractivity (Wildman–Crippen MR) is 260 cm³/mol. The van der Waals surface area contributed by atoms with Gasteiger partial charge in [-0.05, 0) is 165 Å². The number of rotatable bonds is 8. The average Bonchev–Trinajstić information content (AvgIpc) is 3.27. The van der Waals surface area contributed by atoms with Crippen molar-refractivity contribution in [2.75, 3.05) is 9.80 Å². The number of para-hydroxylation sites is 2. The van der Waals surface area contributed by atoms with E-state index >= 15 is 0 Å². The van der Waals surface area contributed by atoms with Crippen LogP contribution in [0.2, 0.25) is 0 Å². The highest BCUT2D eigenvalue weighted by Crippen LogP contribution is 2.50. The van der Waals surface area contributed by atoms with Crippen LogP contribution in [0, 0.1) is 0 Å². The van der Waals surface area contributed by atoms with Gasteiger partial charge in [-0.1, -0.05) is 153 Å². The van der Waals surface area contributed by atoms with Gasteiger partial charge in [0.15, 0.2) is 0 Å². The summed E-state index contributed by atoms with van der Waals surface area (Å²) in [6.45, 7) is 13.8. The lowest BCUT2D eigenvalue weighted by atomic mass is 9.74. The van der Waals surface area contributed by atoms with E-state index in [4.69, 9.17) is 0 Å². The molecule has 2 nitrogen and oxygen atoms in total. The van der Waals surface area contributed by atoms with Crippen LogP contribution in [-0.4, -0.2) is 0 Å². The highest BCUT2D eigenvalue weighted by atomic mass is 15.1. The summed E-state index contributed by atoms with van der Waals surface area (Å²) in [7, 11) is 0. The van der Waals surface area contributed by atoms with Crippen LogP contribution >= 0.6 is 0 Å². The fourth-order valence-corrected chi connectivity index (χ4v) is 10.5. The van der Waals surface area contributed by atoms with E-state index in [1.165, 1.54) is 131 Å². The third-order valence-corrected chi connectivity index (χ3v) is 13.7. The fourth-order valence-electron chi connectivity index (χ4n) is 10.5. The number of nitrogens with zero attached hydrogens (tertiary/aromatic N) is 2. The van der Waals surface area contributed by atoms with Gasteiger partial charge in [0.05, 0.1) is 0 Å². The molecule has 0 N–H and O–H groups in total. The lowest BCUT2D eigenvalue weighted by molar-refractivity contribution is 0.445. The first-order valence-electron chi connectivity index (χ1n) is 23.0. The Morgan fingerprint density at radius 1 is 0.333 bits per heavy atom. The summed E-state index contributed by atoms with van der Waals surface area (Å²) in [5.74, 6) is 1.08. The van der Waals surface area contributed by atoms with Crippen molar-refractivity contribution in [1.82, 2.24) is 0 Å². The van der Waals surface area contributed by atoms with Crippen molar-refractivity contribution in [3.05, 3.63) is 168 Å². The molecule has 0 spiro atoms. The Labute approximate surface area is 360 Å². The molecule has 0 bridgehead atoms. The maximum absolute atomic E-state index is 2.58. The Balaban J connectivity index is 1.29. The van der Waals surface area contributed by atoms with Crippen molar-refractivity contribution in [2.45, 2.75) is 128 Å². The second-order valence-corrected chi connectivity index (χ2v) is 19.9. The van der Waals surface area contributed by atoms with Gasteiger partial charge < -0.3 is 9.80 Å². The van der Waals surface area contributed by atoms with Gasteiger partial charge in [-0.3, -0.25) is 0 Å². The van der Waals surface area contributed by atoms with E-state index in [1.807, 2.05) is 0 Å². The summed E-state index contributed by atoms with van der Waals surface area (Å²) in [6, 6.07) is 55.6. The molecule has 0 heterocycles. The van der Waals surface area contributed by atoms with Gasteiger partial charge in [0, 0.05) is 34.1 Å². The zero-order valence-electron chi connectivity index (χ0n) is 37.0. The SMILES string of the molecule is CC(C)(C)c1ccc(N(c2ccccc2)c2ccc3c(C4CCCCC4)c4cc(N(c5ccccc5)c5ccc(C(C)(C)C)cc5)ccc4c(C4CCCCC4)c3c2)cc1. The van der Waals surface area contributed by atoms with E-state index in [2.05, 4.69) is 197 Å². The molecular weight excluding hydrogens is 725 g/mol. The average molecular weight is 789 g/mol. The summed E-state index contributed by atoms with van der Waals surface area (Å²) in [4.78, 5) is 4.96. The van der Waals surface area contributed by atoms with Gasteiger partial charge in [-0.25, -0.2) is 0 Å². The molecule has 2 saturated carbocycles. The summed E-state index contributed by atoms with van der Waals surface area (Å²) in [5, 5.41) is 5.86. The van der Waals surface area contributed by atoms with E-state index < -0.39 is 0 Å². The zero-order valence-corrected chi connectivity index (χ0v) is 37.0. The van der Waals surface area contributed by atoms with E-state index in [0.717, 1.165) is 0 Å². The monoisotopic (exact) mass is 789 g/mol. The molecule has 0 radical (unpaired) electrons. The van der Waals surface area contributed by atoms with Crippen LogP contribution in [0.25, 0.3) is 21.5 Å². The van der Waals surface area contributed by atoms with Crippen molar-refractivity contribution >= 4 is 55.7 Å². The summed E-state index contributed by atoms with van der Waals surface area (Å²) in [5.41, 5.74) is 13.3. The molecule has 9 rings (SSSR count). The molecule has 0 atom stereocenters. The largest absolute Gasteiger partial charge is 0.310 e. The van der Waals surface area contributed by atoms with Gasteiger partial charge >= 0.3 is 0 Å². The highest BCUT2D eigenvalue weighted by Gasteiger charge is 2.29. The molecule has 2 heteroatoms. The zero-order chi connectivity index (χ0) is 41.4. The maximum atomic E-state index is 2.58. The lowest BCUT2D eigenvalue weighted by Gasteiger charge is -2.32. The van der Waals surface area contributed by atoms with Crippen LogP contribution in [0.1, 0.15) is 140 Å². The maximum Gasteiger partial charge on any atom is 0.0468 e. The number of benzene rings is 7. The Kier molecular flexibility index (Phi) is 11.1. The normalized spacial score (nSPS) is 15.7. The van der Waals surface area contributed by atoms with Crippen molar-refractivity contribution < 1.29 is 0 Å². The molecule has 0 aromatic heterocycles. The van der Waals surface area contributed by atoms with Crippen LogP contribution in [0.4, 0.5) is 34.1 Å². The second-order valence-electron chi connectivity index (χ2n) is 19.9. The highest BCUT2D eigenvalue weighted by molar-refractivity contribution is 6.09. The van der Waals surface area contributed by atoms with Gasteiger partial charge in [0.1, 0.15) is 0 Å². The minimum Gasteiger partial charge on any atom is -0.310 e. The summed E-state index contributed by atoms with van der Waals surface area (Å²) >= 11 is 0. The Bertz CT molecular complexity index is 2360. The Morgan fingerprint density at radius 2 is 0.650 bits per heavy atom. The van der Waals surface area contributed by atoms with Crippen molar-refractivity contribution in [2.24, 2.45) is 0 Å². The molecule has 2 fully saturated rings. The molecule has 7 aromatic carbocycles. The fraction of sp³-hybridized carbons (Fsp3) is 0.345. The third-order valence-electron chi connectivity index (χ3n) is 13.7. The van der Waals surface area contributed by atoms with Crippen LogP contribution in [0.15, 0.2) is 146 Å². The van der Waals surface area contributed by atoms with Crippen LogP contribution in [-0.2, 0) is 10.8 Å². The van der Waals surface area contributed by atoms with Crippen LogP contribution in [0.5, 0.6) is 0 Å². The first kappa shape index (κ1) is 40.1. The minimum atomic E-state index is 0.0966. The summed E-state index contributed by atoms with van der Waals surface area (Å²) < 4.78 is 0. The predicted octanol–water partition coefficient (Wildman–Crippen LogP) is 17.6. The smallest absolute Gasteiger partial charge is 0.0468 e. The first-order chi connectivity index (χ1) is 29.0. The van der Waals surface area contributed by atoms with E-state index in [9.17, 15) is 0 Å². The molecule has 7 aromatic rings. The molecule has 0 aliphatic heterocycles. The number of fused-ring (bicyclic) bond motifs is 2. The molecule has 0 amide bonds. The molecule has 306 valence electrons. The van der Waals surface area contributed by atoms with Crippen molar-refractivity contribution in [1.29, 1.82) is 0 Å². The second kappa shape index (κ2) is 16.6. The lowest BCUT2D eigenvalue weighted by Crippen LogP contribution is -2.14. The number of hydrogen-bond donors (Lipinski definition) is 0.